The lowest BCUT2D eigenvalue weighted by Gasteiger charge is -2.13. The fourth-order valence-corrected chi connectivity index (χ4v) is 14.6. The summed E-state index contributed by atoms with van der Waals surface area (Å²) in [6.07, 6.45) is -0.508. The van der Waals surface area contributed by atoms with Crippen molar-refractivity contribution in [3.05, 3.63) is 89.5 Å². The van der Waals surface area contributed by atoms with Gasteiger partial charge in [0.15, 0.2) is 11.3 Å². The predicted octanol–water partition coefficient (Wildman–Crippen LogP) is 10.4. The van der Waals surface area contributed by atoms with Gasteiger partial charge in [0.1, 0.15) is 55.6 Å². The molecule has 9 N–H and O–H groups in total. The molecule has 0 unspecified atom stereocenters. The van der Waals surface area contributed by atoms with Gasteiger partial charge in [0.05, 0.1) is 62.5 Å². The minimum Gasteiger partial charge on any atom is -0.493 e. The number of imidazole rings is 1. The van der Waals surface area contributed by atoms with Crippen molar-refractivity contribution in [1.82, 2.24) is 9.38 Å². The number of pyridine rings is 1. The molecule has 43 heteroatoms. The lowest BCUT2D eigenvalue weighted by Crippen LogP contribution is -2.10. The van der Waals surface area contributed by atoms with Crippen molar-refractivity contribution in [2.45, 2.75) is 71.4 Å². The fourth-order valence-electron chi connectivity index (χ4n) is 8.36. The Balaban J connectivity index is 1.36. The summed E-state index contributed by atoms with van der Waals surface area (Å²) in [6, 6.07) is 16.0. The summed E-state index contributed by atoms with van der Waals surface area (Å²) < 4.78 is 208. The molecule has 7 rings (SSSR count). The number of nitriles is 1. The number of thioether (sulfide) groups is 2. The van der Waals surface area contributed by atoms with Crippen molar-refractivity contribution in [3.8, 4) is 17.7 Å². The van der Waals surface area contributed by atoms with E-state index < -0.39 is 134 Å². The Morgan fingerprint density at radius 1 is 0.585 bits per heavy atom. The van der Waals surface area contributed by atoms with Crippen LogP contribution in [0.2, 0.25) is 0 Å². The van der Waals surface area contributed by atoms with Gasteiger partial charge in [-0.25, -0.2) is 4.98 Å². The van der Waals surface area contributed by atoms with Crippen molar-refractivity contribution in [2.75, 3.05) is 46.0 Å². The van der Waals surface area contributed by atoms with E-state index in [1.165, 1.54) is 69.3 Å². The van der Waals surface area contributed by atoms with E-state index in [4.69, 9.17) is 4.74 Å². The fraction of sp³-hybridized carbons (Fsp3) is 0.255. The average Bonchev–Trinajstić information content (AvgIpc) is 1.52. The summed E-state index contributed by atoms with van der Waals surface area (Å²) in [5.41, 5.74) is -2.72. The first-order chi connectivity index (χ1) is 43.7. The second kappa shape index (κ2) is 29.5. The first-order valence-electron chi connectivity index (χ1n) is 26.3. The number of hydrogen-bond acceptors (Lipinski definition) is 28. The molecule has 500 valence electrons. The van der Waals surface area contributed by atoms with E-state index in [0.29, 0.717) is 10.5 Å². The number of carbonyl (C=O) groups is 2. The molecule has 5 aromatic carbocycles. The van der Waals surface area contributed by atoms with Gasteiger partial charge in [0, 0.05) is 35.3 Å². The van der Waals surface area contributed by atoms with E-state index in [1.54, 1.807) is 0 Å². The zero-order valence-corrected chi connectivity index (χ0v) is 55.3. The van der Waals surface area contributed by atoms with E-state index in [9.17, 15) is 97.8 Å². The van der Waals surface area contributed by atoms with Crippen molar-refractivity contribution >= 4 is 170 Å². The van der Waals surface area contributed by atoms with E-state index in [1.807, 2.05) is 6.07 Å². The number of carbonyl (C=O) groups excluding carboxylic acids is 2. The van der Waals surface area contributed by atoms with Gasteiger partial charge < -0.3 is 20.5 Å². The van der Waals surface area contributed by atoms with Crippen LogP contribution in [-0.2, 0) is 70.3 Å². The Bertz CT molecular complexity index is 5100. The molecule has 0 spiro atoms. The molecular formula is C51H51N13O22S8. The number of amides is 2. The Hall–Kier alpha value is -8.36. The van der Waals surface area contributed by atoms with Gasteiger partial charge in [-0.3, -0.25) is 41.3 Å². The highest BCUT2D eigenvalue weighted by Crippen LogP contribution is 2.46. The largest absolute Gasteiger partial charge is 0.493 e. The molecule has 0 atom stereocenters. The Morgan fingerprint density at radius 2 is 1.07 bits per heavy atom. The number of benzene rings is 5. The van der Waals surface area contributed by atoms with Crippen LogP contribution in [0.1, 0.15) is 49.8 Å². The summed E-state index contributed by atoms with van der Waals surface area (Å²) in [6.45, 7) is 4.69. The predicted molar refractivity (Wildman–Crippen MR) is 339 cm³/mol. The summed E-state index contributed by atoms with van der Waals surface area (Å²) in [5.74, 6) is -4.51. The molecule has 0 aliphatic heterocycles. The average molecular weight is 1450 g/mol. The maximum atomic E-state index is 12.8. The van der Waals surface area contributed by atoms with Gasteiger partial charge in [0.25, 0.3) is 60.7 Å². The van der Waals surface area contributed by atoms with E-state index in [0.717, 1.165) is 48.6 Å². The number of aromatic hydroxyl groups is 1. The number of azo groups is 4. The van der Waals surface area contributed by atoms with Crippen LogP contribution in [0.15, 0.2) is 138 Å². The van der Waals surface area contributed by atoms with Crippen LogP contribution in [0.5, 0.6) is 11.6 Å². The first-order valence-corrected chi connectivity index (χ1v) is 37.4. The molecule has 2 aromatic heterocycles. The minimum absolute atomic E-state index is 0.0000705. The number of hydrogen-bond donors (Lipinski definition) is 9. The molecule has 2 amide bonds. The number of aromatic nitrogens is 2. The topological polar surface area (TPSA) is 554 Å². The maximum Gasteiger partial charge on any atom is 0.298 e. The van der Waals surface area contributed by atoms with Crippen LogP contribution < -0.4 is 15.4 Å². The van der Waals surface area contributed by atoms with Gasteiger partial charge in [-0.1, -0.05) is 0 Å². The van der Waals surface area contributed by atoms with Crippen molar-refractivity contribution in [3.63, 3.8) is 0 Å². The van der Waals surface area contributed by atoms with Gasteiger partial charge >= 0.3 is 0 Å². The number of aryl methyl sites for hydroxylation is 1. The number of rotatable bonds is 28. The van der Waals surface area contributed by atoms with Crippen LogP contribution in [0.4, 0.5) is 56.9 Å². The first kappa shape index (κ1) is 73.1. The van der Waals surface area contributed by atoms with E-state index in [-0.39, 0.29) is 120 Å². The zero-order chi connectivity index (χ0) is 69.5. The molecular weight excluding hydrogens is 1400 g/mol. The molecule has 7 aromatic rings. The monoisotopic (exact) mass is 1450 g/mol. The normalized spacial score (nSPS) is 12.9. The number of anilines is 2. The third-order valence-electron chi connectivity index (χ3n) is 12.4. The molecule has 0 saturated carbocycles. The second-order valence-corrected chi connectivity index (χ2v) is 30.8. The Morgan fingerprint density at radius 3 is 1.55 bits per heavy atom. The van der Waals surface area contributed by atoms with Gasteiger partial charge in [-0.2, -0.15) is 66.0 Å². The number of fused-ring (bicyclic) bond motifs is 3. The highest BCUT2D eigenvalue weighted by atomic mass is 32.2. The molecule has 94 heavy (non-hydrogen) atoms. The van der Waals surface area contributed by atoms with Crippen molar-refractivity contribution < 1.29 is 97.3 Å². The lowest BCUT2D eigenvalue weighted by molar-refractivity contribution is -0.115. The number of nitrogens with zero attached hydrogens (tertiary/aromatic N) is 11. The summed E-state index contributed by atoms with van der Waals surface area (Å²) in [4.78, 5) is 26.8. The SMILES string of the molecule is CC(=O)Nc1cc(N=Nc2cc(SCCCS(=O)(=O)O)c(N=Nc3cc(OCCCS(=O)(=O)O)c(N=Nc4c(C)c(C#N)c5nc6ccc(S(=O)(=O)O)c(S(=O)(=O)O)c6n5c4O)cc3C)cc2NC(C)=O)c(SCCCS(=O)(=O)O)cc1N=Nc1ccc(S(=O)(=O)O)cc1. The highest BCUT2D eigenvalue weighted by Gasteiger charge is 2.32. The van der Waals surface area contributed by atoms with Crippen LogP contribution in [0.25, 0.3) is 16.7 Å². The van der Waals surface area contributed by atoms with E-state index in [2.05, 4.69) is 56.5 Å². The minimum atomic E-state index is -5.57. The summed E-state index contributed by atoms with van der Waals surface area (Å²) >= 11 is 2.00. The second-order valence-electron chi connectivity index (χ2n) is 19.6. The standard InChI is InChI=1S/C51H51N13O22S8/c1-27-20-40(60-63-47-28(2)33(26-52)50-55-34-12-13-46(93(80,81)82)49(94(83,84)85)48(34)64(50)51(47)67)43(86-14-5-17-89(68,69)70)23-35(27)57-61-41-22-37(54-30(4)66)39(25-45(41)88-16-7-19-91(74,75)76)59-62-42-21-36(53-29(3)65)38(24-44(42)87-15-6-18-90(71,72)73)58-56-31-8-10-32(11-9-31)92(77,78)79/h8-13,20-25,67H,5-7,14-19H2,1-4H3,(H,53,65)(H,54,66)(H,68,69,70)(H,71,72,73)(H,74,75,76)(H,77,78,79)(H,80,81,82)(H,83,84,85). The van der Waals surface area contributed by atoms with Crippen LogP contribution in [-0.4, -0.2) is 139 Å². The summed E-state index contributed by atoms with van der Waals surface area (Å²) in [7, 11) is -28.8. The smallest absolute Gasteiger partial charge is 0.298 e. The van der Waals surface area contributed by atoms with Crippen molar-refractivity contribution in [2.24, 2.45) is 40.9 Å². The zero-order valence-electron chi connectivity index (χ0n) is 48.7. The van der Waals surface area contributed by atoms with Gasteiger partial charge in [0.2, 0.25) is 17.7 Å². The van der Waals surface area contributed by atoms with E-state index >= 15 is 0 Å². The molecule has 0 bridgehead atoms. The molecule has 0 aliphatic carbocycles. The third kappa shape index (κ3) is 19.6. The third-order valence-corrected chi connectivity index (χ3v) is 19.9. The Kier molecular flexibility index (Phi) is 22.9. The Labute approximate surface area is 543 Å². The van der Waals surface area contributed by atoms with Gasteiger partial charge in [-0.05, 0) is 117 Å². The van der Waals surface area contributed by atoms with Crippen LogP contribution in [0, 0.1) is 25.2 Å². The van der Waals surface area contributed by atoms with Gasteiger partial charge in [-0.15, -0.1) is 54.2 Å². The molecule has 0 radical (unpaired) electrons. The molecule has 35 nitrogen and oxygen atoms in total. The van der Waals surface area contributed by atoms with Crippen molar-refractivity contribution in [1.29, 1.82) is 5.26 Å². The van der Waals surface area contributed by atoms with Crippen LogP contribution in [0.3, 0.4) is 0 Å². The molecule has 0 aliphatic rings. The quantitative estimate of drug-likeness (QED) is 0.00952. The highest BCUT2D eigenvalue weighted by molar-refractivity contribution is 7.99. The molecule has 0 fully saturated rings. The number of ether oxygens (including phenoxy) is 1. The molecule has 2 heterocycles. The lowest BCUT2D eigenvalue weighted by atomic mass is 10.1. The summed E-state index contributed by atoms with van der Waals surface area (Å²) in [5, 5.41) is 61.7. The van der Waals surface area contributed by atoms with Crippen LogP contribution >= 0.6 is 23.5 Å². The number of nitrogens with one attached hydrogen (secondary N) is 2. The maximum absolute atomic E-state index is 12.8. The molecule has 0 saturated heterocycles.